The highest BCUT2D eigenvalue weighted by Gasteiger charge is 2.08. The maximum Gasteiger partial charge on any atom is 0.154 e. The number of hydrogen-bond acceptors (Lipinski definition) is 3. The van der Waals surface area contributed by atoms with Crippen LogP contribution in [0.15, 0.2) is 42.5 Å². The van der Waals surface area contributed by atoms with Crippen molar-refractivity contribution in [2.45, 2.75) is 0 Å². The first kappa shape index (κ1) is 13.1. The topological polar surface area (TPSA) is 21.3 Å². The molecule has 0 bridgehead atoms. The molecule has 2 aromatic carbocycles. The Kier molecular flexibility index (Phi) is 4.42. The molecule has 2 aromatic rings. The number of benzene rings is 2. The second-order valence-electron chi connectivity index (χ2n) is 3.43. The molecule has 0 saturated carbocycles. The monoisotopic (exact) mass is 297 g/mol. The molecule has 2 nitrogen and oxygen atoms in total. The zero-order valence-corrected chi connectivity index (χ0v) is 11.5. The molecule has 0 aliphatic carbocycles. The summed E-state index contributed by atoms with van der Waals surface area (Å²) >= 11 is 16.9. The summed E-state index contributed by atoms with van der Waals surface area (Å²) in [5, 5.41) is 4.22. The number of rotatable bonds is 4. The number of hydrogen-bond donors (Lipinski definition) is 1. The maximum atomic E-state index is 6.09. The lowest BCUT2D eigenvalue weighted by molar-refractivity contribution is 0.589. The zero-order valence-electron chi connectivity index (χ0n) is 9.19. The SMILES string of the molecule is S=COc1ccccc1Nc1c(Cl)cccc1Cl. The third kappa shape index (κ3) is 2.93. The van der Waals surface area contributed by atoms with Crippen molar-refractivity contribution in [2.75, 3.05) is 5.32 Å². The van der Waals surface area contributed by atoms with Crippen molar-refractivity contribution in [1.82, 2.24) is 0 Å². The third-order valence-corrected chi connectivity index (χ3v) is 3.01. The van der Waals surface area contributed by atoms with Gasteiger partial charge in [-0.1, -0.05) is 41.4 Å². The summed E-state index contributed by atoms with van der Waals surface area (Å²) in [5.41, 5.74) is 2.59. The number of nitrogens with one attached hydrogen (secondary N) is 1. The lowest BCUT2D eigenvalue weighted by Gasteiger charge is -2.13. The number of para-hydroxylation sites is 3. The highest BCUT2D eigenvalue weighted by molar-refractivity contribution is 7.78. The summed E-state index contributed by atoms with van der Waals surface area (Å²) in [6.07, 6.45) is 0. The van der Waals surface area contributed by atoms with E-state index in [2.05, 4.69) is 17.5 Å². The second kappa shape index (κ2) is 6.05. The van der Waals surface area contributed by atoms with Gasteiger partial charge in [-0.15, -0.1) is 0 Å². The van der Waals surface area contributed by atoms with E-state index in [4.69, 9.17) is 27.9 Å². The van der Waals surface area contributed by atoms with Crippen LogP contribution in [0.25, 0.3) is 0 Å². The molecule has 0 radical (unpaired) electrons. The molecule has 92 valence electrons. The summed E-state index contributed by atoms with van der Waals surface area (Å²) in [6, 6.07) is 12.7. The Bertz CT molecular complexity index is 554. The number of ether oxygens (including phenoxy) is 1. The first-order chi connectivity index (χ1) is 8.72. The van der Waals surface area contributed by atoms with Gasteiger partial charge in [0.05, 0.1) is 21.4 Å². The Hall–Kier alpha value is -1.29. The van der Waals surface area contributed by atoms with E-state index in [1.807, 2.05) is 18.2 Å². The minimum absolute atomic E-state index is 0.541. The number of thiocarbonyl (C=S) groups is 1. The van der Waals surface area contributed by atoms with Gasteiger partial charge >= 0.3 is 0 Å². The molecule has 1 N–H and O–H groups in total. The molecule has 2 rings (SSSR count). The normalized spacial score (nSPS) is 9.89. The van der Waals surface area contributed by atoms with Gasteiger partial charge in [0, 0.05) is 0 Å². The molecule has 0 amide bonds. The van der Waals surface area contributed by atoms with E-state index in [9.17, 15) is 0 Å². The van der Waals surface area contributed by atoms with E-state index in [0.717, 1.165) is 5.69 Å². The molecule has 18 heavy (non-hydrogen) atoms. The molecule has 0 unspecified atom stereocenters. The average Bonchev–Trinajstić information content (AvgIpc) is 2.36. The molecular formula is C13H9Cl2NOS. The van der Waals surface area contributed by atoms with Gasteiger partial charge in [-0.05, 0) is 36.5 Å². The first-order valence-electron chi connectivity index (χ1n) is 5.12. The van der Waals surface area contributed by atoms with Crippen molar-refractivity contribution in [3.63, 3.8) is 0 Å². The Morgan fingerprint density at radius 1 is 1.00 bits per heavy atom. The molecule has 5 heteroatoms. The minimum Gasteiger partial charge on any atom is -0.451 e. The van der Waals surface area contributed by atoms with Gasteiger partial charge in [0.25, 0.3) is 0 Å². The molecule has 0 aliphatic rings. The summed E-state index contributed by atoms with van der Waals surface area (Å²) < 4.78 is 5.23. The summed E-state index contributed by atoms with van der Waals surface area (Å²) in [5.74, 6) is 0.614. The Morgan fingerprint density at radius 2 is 1.67 bits per heavy atom. The Labute approximate surface area is 120 Å². The molecule has 0 aromatic heterocycles. The Balaban J connectivity index is 2.37. The zero-order chi connectivity index (χ0) is 13.0. The van der Waals surface area contributed by atoms with E-state index < -0.39 is 0 Å². The average molecular weight is 298 g/mol. The van der Waals surface area contributed by atoms with Gasteiger partial charge in [0.15, 0.2) is 11.3 Å². The smallest absolute Gasteiger partial charge is 0.154 e. The lowest BCUT2D eigenvalue weighted by Crippen LogP contribution is -1.96. The fourth-order valence-electron chi connectivity index (χ4n) is 1.48. The van der Waals surface area contributed by atoms with Crippen molar-refractivity contribution in [1.29, 1.82) is 0 Å². The van der Waals surface area contributed by atoms with Crippen LogP contribution in [0.1, 0.15) is 0 Å². The standard InChI is InChI=1S/C13H9Cl2NOS/c14-9-4-3-5-10(15)13(9)16-11-6-1-2-7-12(11)17-8-18/h1-8,16H. The highest BCUT2D eigenvalue weighted by Crippen LogP contribution is 2.35. The first-order valence-corrected chi connectivity index (χ1v) is 6.35. The van der Waals surface area contributed by atoms with Crippen LogP contribution in [0.5, 0.6) is 5.75 Å². The van der Waals surface area contributed by atoms with E-state index in [0.29, 0.717) is 21.5 Å². The van der Waals surface area contributed by atoms with Crippen LogP contribution >= 0.6 is 35.4 Å². The lowest BCUT2D eigenvalue weighted by atomic mass is 10.2. The summed E-state index contributed by atoms with van der Waals surface area (Å²) in [4.78, 5) is 0. The molecule has 0 fully saturated rings. The molecule has 0 aliphatic heterocycles. The highest BCUT2D eigenvalue weighted by atomic mass is 35.5. The van der Waals surface area contributed by atoms with Crippen molar-refractivity contribution in [3.05, 3.63) is 52.5 Å². The second-order valence-corrected chi connectivity index (χ2v) is 4.44. The largest absolute Gasteiger partial charge is 0.451 e. The van der Waals surface area contributed by atoms with Crippen LogP contribution in [0.4, 0.5) is 11.4 Å². The molecule has 0 atom stereocenters. The van der Waals surface area contributed by atoms with Crippen molar-refractivity contribution >= 4 is 52.3 Å². The molecule has 0 saturated heterocycles. The maximum absolute atomic E-state index is 6.09. The minimum atomic E-state index is 0.541. The van der Waals surface area contributed by atoms with Gasteiger partial charge < -0.3 is 10.1 Å². The fraction of sp³-hybridized carbons (Fsp3) is 0. The van der Waals surface area contributed by atoms with Gasteiger partial charge in [0.2, 0.25) is 0 Å². The van der Waals surface area contributed by atoms with Crippen molar-refractivity contribution < 1.29 is 4.74 Å². The van der Waals surface area contributed by atoms with Crippen LogP contribution in [0, 0.1) is 0 Å². The van der Waals surface area contributed by atoms with E-state index in [1.54, 1.807) is 24.3 Å². The third-order valence-electron chi connectivity index (χ3n) is 2.28. The van der Waals surface area contributed by atoms with Crippen LogP contribution in [0.2, 0.25) is 10.0 Å². The van der Waals surface area contributed by atoms with Crippen LogP contribution in [-0.2, 0) is 0 Å². The summed E-state index contributed by atoms with van der Waals surface area (Å²) in [7, 11) is 0. The van der Waals surface area contributed by atoms with E-state index in [-0.39, 0.29) is 0 Å². The predicted molar refractivity (Wildman–Crippen MR) is 80.5 cm³/mol. The summed E-state index contributed by atoms with van der Waals surface area (Å²) in [6.45, 7) is 0. The van der Waals surface area contributed by atoms with Crippen LogP contribution in [0.3, 0.4) is 0 Å². The predicted octanol–water partition coefficient (Wildman–Crippen LogP) is 5.07. The van der Waals surface area contributed by atoms with Crippen molar-refractivity contribution in [2.24, 2.45) is 0 Å². The van der Waals surface area contributed by atoms with Gasteiger partial charge in [-0.3, -0.25) is 0 Å². The Morgan fingerprint density at radius 3 is 2.33 bits per heavy atom. The van der Waals surface area contributed by atoms with Crippen LogP contribution in [-0.4, -0.2) is 5.55 Å². The van der Waals surface area contributed by atoms with Crippen LogP contribution < -0.4 is 10.1 Å². The number of anilines is 2. The molecule has 0 spiro atoms. The fourth-order valence-corrected chi connectivity index (χ4v) is 2.07. The van der Waals surface area contributed by atoms with E-state index >= 15 is 0 Å². The molecule has 0 heterocycles. The van der Waals surface area contributed by atoms with Gasteiger partial charge in [-0.25, -0.2) is 0 Å². The number of halogens is 2. The van der Waals surface area contributed by atoms with Crippen molar-refractivity contribution in [3.8, 4) is 5.75 Å². The van der Waals surface area contributed by atoms with E-state index in [1.165, 1.54) is 5.55 Å². The van der Waals surface area contributed by atoms with Gasteiger partial charge in [0.1, 0.15) is 0 Å². The quantitative estimate of drug-likeness (QED) is 0.796. The van der Waals surface area contributed by atoms with Gasteiger partial charge in [-0.2, -0.15) is 0 Å². The molecular weight excluding hydrogens is 289 g/mol.